The van der Waals surface area contributed by atoms with Crippen LogP contribution in [0.5, 0.6) is 0 Å². The van der Waals surface area contributed by atoms with Crippen LogP contribution in [0.1, 0.15) is 26.2 Å². The molecule has 150 valence electrons. The molecule has 1 saturated heterocycles. The van der Waals surface area contributed by atoms with Gasteiger partial charge in [-0.2, -0.15) is 0 Å². The molecule has 4 N–H and O–H groups in total. The summed E-state index contributed by atoms with van der Waals surface area (Å²) >= 11 is 1.32. The molecular weight excluding hydrogens is 386 g/mol. The van der Waals surface area contributed by atoms with Crippen LogP contribution in [-0.2, 0) is 23.9 Å². The number of nitrogens with zero attached hydrogens (tertiary/aromatic N) is 1. The molecule has 3 aliphatic rings. The van der Waals surface area contributed by atoms with Gasteiger partial charge in [0.05, 0.1) is 0 Å². The molecule has 2 aliphatic heterocycles. The Morgan fingerprint density at radius 1 is 1.32 bits per heavy atom. The second-order valence-electron chi connectivity index (χ2n) is 6.68. The average Bonchev–Trinajstić information content (AvgIpc) is 2.65. The van der Waals surface area contributed by atoms with Crippen LogP contribution in [0.25, 0.3) is 0 Å². The molecule has 3 rings (SSSR count). The largest absolute Gasteiger partial charge is 0.477 e. The molecule has 1 aliphatic carbocycles. The molecule has 0 unspecified atom stereocenters. The summed E-state index contributed by atoms with van der Waals surface area (Å²) in [7, 11) is 0. The molecule has 10 heteroatoms. The molecule has 0 radical (unpaired) electrons. The van der Waals surface area contributed by atoms with Crippen molar-refractivity contribution in [2.45, 2.75) is 37.6 Å². The minimum atomic E-state index is -1.27. The van der Waals surface area contributed by atoms with Gasteiger partial charge in [-0.3, -0.25) is 19.3 Å². The number of aliphatic carboxylic acids is 1. The highest BCUT2D eigenvalue weighted by atomic mass is 32.2. The second-order valence-corrected chi connectivity index (χ2v) is 7.78. The number of carbonyl (C=O) groups is 4. The maximum atomic E-state index is 12.5. The summed E-state index contributed by atoms with van der Waals surface area (Å²) in [6.07, 6.45) is 5.20. The Balaban J connectivity index is 1.67. The molecule has 28 heavy (non-hydrogen) atoms. The van der Waals surface area contributed by atoms with Gasteiger partial charge in [0.25, 0.3) is 5.91 Å². The van der Waals surface area contributed by atoms with Crippen LogP contribution in [0.3, 0.4) is 0 Å². The van der Waals surface area contributed by atoms with Crippen molar-refractivity contribution in [3.05, 3.63) is 34.7 Å². The highest BCUT2D eigenvalue weighted by molar-refractivity contribution is 8.00. The molecular formula is C18H21N3O6S. The lowest BCUT2D eigenvalue weighted by molar-refractivity contribution is -0.151. The molecule has 0 aromatic heterocycles. The lowest BCUT2D eigenvalue weighted by Gasteiger charge is -2.49. The van der Waals surface area contributed by atoms with Gasteiger partial charge in [-0.15, -0.1) is 11.8 Å². The third kappa shape index (κ3) is 3.91. The number of thioether (sulfide) groups is 1. The first-order valence-electron chi connectivity index (χ1n) is 8.73. The molecule has 2 amide bonds. The van der Waals surface area contributed by atoms with Gasteiger partial charge in [-0.25, -0.2) is 4.79 Å². The highest BCUT2D eigenvalue weighted by Crippen LogP contribution is 2.40. The number of carboxylic acids is 1. The number of nitrogens with one attached hydrogen (secondary N) is 1. The zero-order valence-corrected chi connectivity index (χ0v) is 16.1. The van der Waals surface area contributed by atoms with E-state index in [1.165, 1.54) is 18.7 Å². The van der Waals surface area contributed by atoms with E-state index >= 15 is 0 Å². The van der Waals surface area contributed by atoms with E-state index in [1.54, 1.807) is 0 Å². The fraction of sp³-hybridized carbons (Fsp3) is 0.444. The number of rotatable bonds is 6. The van der Waals surface area contributed by atoms with Crippen molar-refractivity contribution < 1.29 is 29.0 Å². The molecule has 0 aromatic rings. The van der Waals surface area contributed by atoms with E-state index in [0.29, 0.717) is 29.9 Å². The van der Waals surface area contributed by atoms with E-state index < -0.39 is 29.3 Å². The third-order valence-corrected chi connectivity index (χ3v) is 6.05. The number of nitrogens with two attached hydrogens (primary N) is 1. The lowest BCUT2D eigenvalue weighted by Crippen LogP contribution is -2.70. The van der Waals surface area contributed by atoms with Gasteiger partial charge in [0.1, 0.15) is 23.7 Å². The molecule has 0 saturated carbocycles. The normalized spacial score (nSPS) is 23.9. The summed E-state index contributed by atoms with van der Waals surface area (Å²) in [4.78, 5) is 48.7. The van der Waals surface area contributed by atoms with E-state index in [9.17, 15) is 24.3 Å². The third-order valence-electron chi connectivity index (χ3n) is 4.71. The molecule has 9 nitrogen and oxygen atoms in total. The van der Waals surface area contributed by atoms with E-state index in [0.717, 1.165) is 10.5 Å². The number of hydrogen-bond acceptors (Lipinski definition) is 7. The first-order valence-corrected chi connectivity index (χ1v) is 9.78. The van der Waals surface area contributed by atoms with Gasteiger partial charge in [0.15, 0.2) is 0 Å². The van der Waals surface area contributed by atoms with Crippen LogP contribution in [0, 0.1) is 0 Å². The fourth-order valence-electron chi connectivity index (χ4n) is 3.30. The van der Waals surface area contributed by atoms with Crippen molar-refractivity contribution in [2.75, 3.05) is 12.4 Å². The number of amides is 2. The lowest BCUT2D eigenvalue weighted by atomic mass is 9.98. The minimum Gasteiger partial charge on any atom is -0.477 e. The van der Waals surface area contributed by atoms with Crippen LogP contribution < -0.4 is 11.1 Å². The second kappa shape index (κ2) is 8.09. The van der Waals surface area contributed by atoms with Crippen LogP contribution in [0.15, 0.2) is 34.7 Å². The van der Waals surface area contributed by atoms with Gasteiger partial charge >= 0.3 is 11.9 Å². The number of fused-ring (bicyclic) bond motifs is 1. The Kier molecular flexibility index (Phi) is 5.78. The van der Waals surface area contributed by atoms with E-state index in [1.807, 2.05) is 12.2 Å². The molecule has 0 spiro atoms. The Labute approximate surface area is 165 Å². The Morgan fingerprint density at radius 3 is 2.68 bits per heavy atom. The van der Waals surface area contributed by atoms with Gasteiger partial charge in [-0.1, -0.05) is 12.2 Å². The van der Waals surface area contributed by atoms with Crippen molar-refractivity contribution in [1.82, 2.24) is 10.2 Å². The molecule has 0 aromatic carbocycles. The monoisotopic (exact) mass is 407 g/mol. The Morgan fingerprint density at radius 2 is 2.04 bits per heavy atom. The summed E-state index contributed by atoms with van der Waals surface area (Å²) in [6.45, 7) is 1.04. The average molecular weight is 407 g/mol. The van der Waals surface area contributed by atoms with Gasteiger partial charge < -0.3 is 20.9 Å². The van der Waals surface area contributed by atoms with Crippen LogP contribution in [0.4, 0.5) is 0 Å². The van der Waals surface area contributed by atoms with Crippen LogP contribution in [-0.4, -0.2) is 57.5 Å². The molecule has 2 atom stereocenters. The SMILES string of the molecule is CC(=O)OCC1=C(C(=O)O)N2C(=O)[C@@H](NC(=O)CC3=C(N)CC=CC3)[C@H]2SC1. The van der Waals surface area contributed by atoms with Crippen LogP contribution in [0.2, 0.25) is 0 Å². The Bertz CT molecular complexity index is 831. The smallest absolute Gasteiger partial charge is 0.352 e. The van der Waals surface area contributed by atoms with Crippen molar-refractivity contribution >= 4 is 35.5 Å². The number of esters is 1. The van der Waals surface area contributed by atoms with Crippen molar-refractivity contribution in [3.63, 3.8) is 0 Å². The zero-order valence-electron chi connectivity index (χ0n) is 15.3. The number of allylic oxidation sites excluding steroid dienone is 2. The summed E-state index contributed by atoms with van der Waals surface area (Å²) in [5.41, 5.74) is 7.59. The van der Waals surface area contributed by atoms with Crippen LogP contribution >= 0.6 is 11.8 Å². The zero-order chi connectivity index (χ0) is 20.4. The van der Waals surface area contributed by atoms with E-state index in [-0.39, 0.29) is 24.6 Å². The van der Waals surface area contributed by atoms with Gasteiger partial charge in [0.2, 0.25) is 5.91 Å². The number of hydrogen-bond donors (Lipinski definition) is 3. The fourth-order valence-corrected chi connectivity index (χ4v) is 4.63. The Hall–Kier alpha value is -2.75. The predicted octanol–water partition coefficient (Wildman–Crippen LogP) is 0.241. The number of β-lactam (4-membered cyclic amide) rings is 1. The molecule has 0 bridgehead atoms. The number of carboxylic acid groups (broad SMARTS) is 1. The minimum absolute atomic E-state index is 0.108. The topological polar surface area (TPSA) is 139 Å². The maximum absolute atomic E-state index is 12.5. The number of ether oxygens (including phenoxy) is 1. The first-order chi connectivity index (χ1) is 13.3. The predicted molar refractivity (Wildman–Crippen MR) is 101 cm³/mol. The molecule has 2 heterocycles. The van der Waals surface area contributed by atoms with E-state index in [4.69, 9.17) is 10.5 Å². The summed E-state index contributed by atoms with van der Waals surface area (Å²) in [6, 6.07) is -0.789. The maximum Gasteiger partial charge on any atom is 0.352 e. The first kappa shape index (κ1) is 20.0. The highest BCUT2D eigenvalue weighted by Gasteiger charge is 2.54. The summed E-state index contributed by atoms with van der Waals surface area (Å²) < 4.78 is 4.89. The quantitative estimate of drug-likeness (QED) is 0.323. The van der Waals surface area contributed by atoms with E-state index in [2.05, 4.69) is 5.32 Å². The number of carbonyl (C=O) groups excluding carboxylic acids is 3. The van der Waals surface area contributed by atoms with Crippen molar-refractivity contribution in [3.8, 4) is 0 Å². The summed E-state index contributed by atoms with van der Waals surface area (Å²) in [5.74, 6) is -2.32. The standard InChI is InChI=1S/C18H21N3O6S/c1-9(22)27-7-11-8-28-17-14(16(24)21(17)15(11)18(25)26)20-13(23)6-10-4-2-3-5-12(10)19/h2-3,14,17H,4-8,19H2,1H3,(H,20,23)(H,25,26)/t14-,17-/m1/s1. The van der Waals surface area contributed by atoms with Gasteiger partial charge in [-0.05, 0) is 12.0 Å². The van der Waals surface area contributed by atoms with Crippen molar-refractivity contribution in [2.24, 2.45) is 5.73 Å². The molecule has 1 fully saturated rings. The van der Waals surface area contributed by atoms with Gasteiger partial charge in [0, 0.05) is 36.8 Å². The van der Waals surface area contributed by atoms with Crippen molar-refractivity contribution in [1.29, 1.82) is 0 Å². The summed E-state index contributed by atoms with van der Waals surface area (Å²) in [5, 5.41) is 11.7.